The predicted octanol–water partition coefficient (Wildman–Crippen LogP) is 2.43. The smallest absolute Gasteiger partial charge is 0.123 e. The quantitative estimate of drug-likeness (QED) is 0.756. The Morgan fingerprint density at radius 3 is 2.38 bits per heavy atom. The molecule has 0 radical (unpaired) electrons. The summed E-state index contributed by atoms with van der Waals surface area (Å²) in [5.41, 5.74) is 5.06. The molecule has 3 rings (SSSR count). The summed E-state index contributed by atoms with van der Waals surface area (Å²) in [5, 5.41) is 14.7. The molecule has 2 atom stereocenters. The number of aliphatic hydroxyl groups is 1. The van der Waals surface area contributed by atoms with Crippen LogP contribution in [0, 0.1) is 5.82 Å². The summed E-state index contributed by atoms with van der Waals surface area (Å²) in [4.78, 5) is 0. The monoisotopic (exact) mass is 290 g/mol. The van der Waals surface area contributed by atoms with Crippen molar-refractivity contribution < 1.29 is 9.50 Å². The molecule has 3 nitrogen and oxygen atoms in total. The Kier molecular flexibility index (Phi) is 4.93. The topological polar surface area (TPSA) is 58.3 Å². The van der Waals surface area contributed by atoms with E-state index in [1.165, 1.54) is 12.1 Å². The lowest BCUT2D eigenvalue weighted by atomic mass is 9.94. The number of fused-ring (bicyclic) bond motifs is 1. The molecule has 0 amide bonds. The van der Waals surface area contributed by atoms with Crippen molar-refractivity contribution in [2.45, 2.75) is 38.0 Å². The van der Waals surface area contributed by atoms with Gasteiger partial charge in [-0.2, -0.15) is 0 Å². The van der Waals surface area contributed by atoms with E-state index in [1.807, 2.05) is 24.3 Å². The molecule has 21 heavy (non-hydrogen) atoms. The summed E-state index contributed by atoms with van der Waals surface area (Å²) < 4.78 is 12.6. The highest BCUT2D eigenvalue weighted by Crippen LogP contribution is 2.17. The molecule has 0 aliphatic carbocycles. The van der Waals surface area contributed by atoms with Crippen LogP contribution in [-0.4, -0.2) is 29.3 Å². The molecule has 4 N–H and O–H groups in total. The highest BCUT2D eigenvalue weighted by atomic mass is 19.1. The molecule has 1 aliphatic rings. The Balaban J connectivity index is 0.000000155. The molecule has 0 aromatic heterocycles. The molecule has 0 spiro atoms. The van der Waals surface area contributed by atoms with Gasteiger partial charge in [0.05, 0.1) is 11.6 Å². The summed E-state index contributed by atoms with van der Waals surface area (Å²) in [6.45, 7) is 4.50. The third-order valence-electron chi connectivity index (χ3n) is 3.74. The number of benzene rings is 2. The Bertz CT molecular complexity index is 595. The maximum atomic E-state index is 12.6. The molecule has 1 saturated heterocycles. The van der Waals surface area contributed by atoms with E-state index in [1.54, 1.807) is 19.9 Å². The molecule has 114 valence electrons. The van der Waals surface area contributed by atoms with Crippen molar-refractivity contribution in [3.63, 3.8) is 0 Å². The maximum absolute atomic E-state index is 12.6. The van der Waals surface area contributed by atoms with Gasteiger partial charge in [0.1, 0.15) is 5.82 Å². The van der Waals surface area contributed by atoms with Crippen molar-refractivity contribution in [2.24, 2.45) is 5.73 Å². The zero-order valence-electron chi connectivity index (χ0n) is 12.5. The highest BCUT2D eigenvalue weighted by molar-refractivity contribution is 5.82. The van der Waals surface area contributed by atoms with Crippen LogP contribution in [0.25, 0.3) is 10.8 Å². The van der Waals surface area contributed by atoms with E-state index >= 15 is 0 Å². The fraction of sp³-hybridized carbons (Fsp3) is 0.412. The summed E-state index contributed by atoms with van der Waals surface area (Å²) in [6, 6.07) is 12.7. The average molecular weight is 290 g/mol. The number of hydrogen-bond donors (Lipinski definition) is 3. The van der Waals surface area contributed by atoms with E-state index in [2.05, 4.69) is 5.32 Å². The van der Waals surface area contributed by atoms with Crippen molar-refractivity contribution in [1.82, 2.24) is 5.32 Å². The Morgan fingerprint density at radius 2 is 1.86 bits per heavy atom. The third kappa shape index (κ3) is 4.24. The van der Waals surface area contributed by atoms with Crippen LogP contribution in [0.1, 0.15) is 20.3 Å². The first-order valence-electron chi connectivity index (χ1n) is 7.23. The van der Waals surface area contributed by atoms with Crippen LogP contribution in [0.2, 0.25) is 0 Å². The number of rotatable bonds is 1. The predicted molar refractivity (Wildman–Crippen MR) is 84.6 cm³/mol. The second kappa shape index (κ2) is 6.52. The molecule has 1 aliphatic heterocycles. The van der Waals surface area contributed by atoms with Gasteiger partial charge in [-0.1, -0.05) is 30.3 Å². The van der Waals surface area contributed by atoms with Gasteiger partial charge in [-0.15, -0.1) is 0 Å². The zero-order valence-corrected chi connectivity index (χ0v) is 12.5. The maximum Gasteiger partial charge on any atom is 0.123 e. The first-order valence-corrected chi connectivity index (χ1v) is 7.23. The van der Waals surface area contributed by atoms with Gasteiger partial charge in [0, 0.05) is 6.04 Å². The molecule has 2 aromatic carbocycles. The summed E-state index contributed by atoms with van der Waals surface area (Å²) in [7, 11) is 0. The molecule has 4 heteroatoms. The van der Waals surface area contributed by atoms with Gasteiger partial charge < -0.3 is 16.2 Å². The van der Waals surface area contributed by atoms with Gasteiger partial charge in [-0.3, -0.25) is 0 Å². The van der Waals surface area contributed by atoms with Crippen LogP contribution in [0.5, 0.6) is 0 Å². The van der Waals surface area contributed by atoms with E-state index in [0.29, 0.717) is 0 Å². The van der Waals surface area contributed by atoms with E-state index < -0.39 is 5.60 Å². The molecule has 1 heterocycles. The highest BCUT2D eigenvalue weighted by Gasteiger charge is 2.34. The van der Waals surface area contributed by atoms with E-state index in [4.69, 9.17) is 5.73 Å². The second-order valence-electron chi connectivity index (χ2n) is 6.03. The zero-order chi connectivity index (χ0) is 15.5. The van der Waals surface area contributed by atoms with Crippen LogP contribution >= 0.6 is 0 Å². The van der Waals surface area contributed by atoms with Crippen molar-refractivity contribution in [3.8, 4) is 0 Å². The molecule has 0 saturated carbocycles. The minimum atomic E-state index is -0.685. The molecular formula is C17H23FN2O. The van der Waals surface area contributed by atoms with Gasteiger partial charge in [-0.25, -0.2) is 4.39 Å². The first-order chi connectivity index (χ1) is 9.88. The molecular weight excluding hydrogens is 267 g/mol. The van der Waals surface area contributed by atoms with Crippen LogP contribution in [0.15, 0.2) is 42.5 Å². The number of nitrogens with one attached hydrogen (secondary N) is 1. The summed E-state index contributed by atoms with van der Waals surface area (Å²) in [6.07, 6.45) is 0.967. The molecule has 1 fully saturated rings. The van der Waals surface area contributed by atoms with Crippen LogP contribution in [0.4, 0.5) is 4.39 Å². The summed E-state index contributed by atoms with van der Waals surface area (Å²) in [5.74, 6) is -0.177. The van der Waals surface area contributed by atoms with Crippen LogP contribution in [-0.2, 0) is 0 Å². The number of nitrogens with two attached hydrogens (primary N) is 1. The van der Waals surface area contributed by atoms with E-state index in [0.717, 1.165) is 23.7 Å². The normalized spacial score (nSPS) is 22.0. The SMILES string of the molecule is CC(C)(O)C1NCCC1N.Fc1ccc2ccccc2c1. The van der Waals surface area contributed by atoms with Crippen molar-refractivity contribution in [3.05, 3.63) is 48.3 Å². The molecule has 2 aromatic rings. The molecule has 2 unspecified atom stereocenters. The standard InChI is InChI=1S/C10H7F.C7H16N2O/c11-10-6-5-8-3-1-2-4-9(8)7-10;1-7(2,10)6-5(8)3-4-9-6/h1-7H;5-6,9-10H,3-4,8H2,1-2H3. The van der Waals surface area contributed by atoms with Gasteiger partial charge in [-0.05, 0) is 49.7 Å². The van der Waals surface area contributed by atoms with Crippen LogP contribution in [0.3, 0.4) is 0 Å². The van der Waals surface area contributed by atoms with Gasteiger partial charge in [0.2, 0.25) is 0 Å². The third-order valence-corrected chi connectivity index (χ3v) is 3.74. The number of hydrogen-bond acceptors (Lipinski definition) is 3. The molecule has 0 bridgehead atoms. The lowest BCUT2D eigenvalue weighted by molar-refractivity contribution is 0.0397. The van der Waals surface area contributed by atoms with Gasteiger partial charge in [0.15, 0.2) is 0 Å². The van der Waals surface area contributed by atoms with E-state index in [9.17, 15) is 9.50 Å². The average Bonchev–Trinajstić information content (AvgIpc) is 2.85. The van der Waals surface area contributed by atoms with Crippen molar-refractivity contribution >= 4 is 10.8 Å². The Hall–Kier alpha value is -1.49. The van der Waals surface area contributed by atoms with Crippen molar-refractivity contribution in [2.75, 3.05) is 6.54 Å². The second-order valence-corrected chi connectivity index (χ2v) is 6.03. The van der Waals surface area contributed by atoms with Gasteiger partial charge in [0.25, 0.3) is 0 Å². The lowest BCUT2D eigenvalue weighted by Gasteiger charge is -2.28. The minimum absolute atomic E-state index is 0.0625. The van der Waals surface area contributed by atoms with Gasteiger partial charge >= 0.3 is 0 Å². The van der Waals surface area contributed by atoms with Crippen molar-refractivity contribution in [1.29, 1.82) is 0 Å². The Labute approximate surface area is 125 Å². The fourth-order valence-electron chi connectivity index (χ4n) is 2.66. The Morgan fingerprint density at radius 1 is 1.19 bits per heavy atom. The lowest BCUT2D eigenvalue weighted by Crippen LogP contribution is -2.51. The fourth-order valence-corrected chi connectivity index (χ4v) is 2.66. The largest absolute Gasteiger partial charge is 0.389 e. The minimum Gasteiger partial charge on any atom is -0.389 e. The number of halogens is 1. The van der Waals surface area contributed by atoms with E-state index in [-0.39, 0.29) is 17.9 Å². The summed E-state index contributed by atoms with van der Waals surface area (Å²) >= 11 is 0. The van der Waals surface area contributed by atoms with Crippen LogP contribution < -0.4 is 11.1 Å². The first kappa shape index (κ1) is 15.9.